The fourth-order valence-electron chi connectivity index (χ4n) is 2.05. The van der Waals surface area contributed by atoms with Crippen LogP contribution in [0.3, 0.4) is 0 Å². The Labute approximate surface area is 106 Å². The standard InChI is InChI=1S/C12H18N2O4/c1-2-5-13(8-11(16)17)12(18)14-6-3-4-10(7-14)9-15/h1,10,15H,3-9H2,(H,16,17). The minimum Gasteiger partial charge on any atom is -0.480 e. The molecule has 1 unspecified atom stereocenters. The average Bonchev–Trinajstić information content (AvgIpc) is 2.37. The highest BCUT2D eigenvalue weighted by molar-refractivity contribution is 5.80. The van der Waals surface area contributed by atoms with Crippen LogP contribution >= 0.6 is 0 Å². The summed E-state index contributed by atoms with van der Waals surface area (Å²) in [5.41, 5.74) is 0. The van der Waals surface area contributed by atoms with Gasteiger partial charge in [-0.1, -0.05) is 5.92 Å². The predicted octanol–water partition coefficient (Wildman–Crippen LogP) is -0.169. The van der Waals surface area contributed by atoms with Crippen LogP contribution in [0.5, 0.6) is 0 Å². The molecular weight excluding hydrogens is 236 g/mol. The van der Waals surface area contributed by atoms with Gasteiger partial charge in [-0.2, -0.15) is 0 Å². The molecule has 6 heteroatoms. The largest absolute Gasteiger partial charge is 0.480 e. The molecule has 0 aliphatic carbocycles. The Balaban J connectivity index is 2.64. The van der Waals surface area contributed by atoms with Crippen molar-refractivity contribution in [1.82, 2.24) is 9.80 Å². The number of amides is 2. The van der Waals surface area contributed by atoms with E-state index >= 15 is 0 Å². The molecule has 100 valence electrons. The van der Waals surface area contributed by atoms with Crippen LogP contribution in [-0.4, -0.2) is 64.8 Å². The summed E-state index contributed by atoms with van der Waals surface area (Å²) in [4.78, 5) is 25.5. The first kappa shape index (κ1) is 14.3. The van der Waals surface area contributed by atoms with Gasteiger partial charge in [0.1, 0.15) is 6.54 Å². The Morgan fingerprint density at radius 3 is 2.78 bits per heavy atom. The first-order valence-electron chi connectivity index (χ1n) is 5.88. The summed E-state index contributed by atoms with van der Waals surface area (Å²) in [5, 5.41) is 17.8. The lowest BCUT2D eigenvalue weighted by atomic mass is 9.99. The smallest absolute Gasteiger partial charge is 0.323 e. The van der Waals surface area contributed by atoms with E-state index in [4.69, 9.17) is 16.6 Å². The topological polar surface area (TPSA) is 81.1 Å². The Morgan fingerprint density at radius 2 is 2.22 bits per heavy atom. The molecule has 0 spiro atoms. The number of carbonyl (C=O) groups is 2. The minimum atomic E-state index is -1.09. The molecule has 18 heavy (non-hydrogen) atoms. The van der Waals surface area contributed by atoms with Crippen molar-refractivity contribution in [3.05, 3.63) is 0 Å². The number of aliphatic hydroxyl groups is 1. The number of aliphatic carboxylic acids is 1. The molecule has 2 N–H and O–H groups in total. The van der Waals surface area contributed by atoms with Crippen LogP contribution < -0.4 is 0 Å². The van der Waals surface area contributed by atoms with Crippen LogP contribution in [0.15, 0.2) is 0 Å². The lowest BCUT2D eigenvalue weighted by molar-refractivity contribution is -0.137. The van der Waals surface area contributed by atoms with E-state index in [1.54, 1.807) is 4.90 Å². The number of nitrogens with zero attached hydrogens (tertiary/aromatic N) is 2. The molecule has 1 aliphatic rings. The number of carboxylic acids is 1. The first-order chi connectivity index (χ1) is 8.58. The van der Waals surface area contributed by atoms with Gasteiger partial charge >= 0.3 is 12.0 Å². The third-order valence-electron chi connectivity index (χ3n) is 2.93. The zero-order valence-electron chi connectivity index (χ0n) is 10.2. The van der Waals surface area contributed by atoms with Gasteiger partial charge in [0, 0.05) is 19.7 Å². The number of carboxylic acid groups (broad SMARTS) is 1. The van der Waals surface area contributed by atoms with Crippen molar-refractivity contribution in [2.75, 3.05) is 32.8 Å². The van der Waals surface area contributed by atoms with Crippen molar-refractivity contribution in [3.63, 3.8) is 0 Å². The Kier molecular flexibility index (Phi) is 5.46. The van der Waals surface area contributed by atoms with Crippen molar-refractivity contribution in [2.45, 2.75) is 12.8 Å². The van der Waals surface area contributed by atoms with E-state index in [-0.39, 0.29) is 25.1 Å². The van der Waals surface area contributed by atoms with Crippen molar-refractivity contribution in [1.29, 1.82) is 0 Å². The molecule has 0 aromatic carbocycles. The molecule has 1 rings (SSSR count). The maximum Gasteiger partial charge on any atom is 0.323 e. The van der Waals surface area contributed by atoms with Crippen molar-refractivity contribution in [3.8, 4) is 12.3 Å². The van der Waals surface area contributed by atoms with Crippen LogP contribution in [0, 0.1) is 18.3 Å². The number of hydrogen-bond donors (Lipinski definition) is 2. The summed E-state index contributed by atoms with van der Waals surface area (Å²) in [5.74, 6) is 1.27. The van der Waals surface area contributed by atoms with Gasteiger partial charge < -0.3 is 20.0 Å². The molecular formula is C12H18N2O4. The Hall–Kier alpha value is -1.74. The van der Waals surface area contributed by atoms with E-state index in [0.29, 0.717) is 13.1 Å². The molecule has 2 amide bonds. The number of urea groups is 1. The number of carbonyl (C=O) groups excluding carboxylic acids is 1. The summed E-state index contributed by atoms with van der Waals surface area (Å²) in [6.45, 7) is 0.651. The fraction of sp³-hybridized carbons (Fsp3) is 0.667. The highest BCUT2D eigenvalue weighted by Gasteiger charge is 2.27. The number of likely N-dealkylation sites (tertiary alicyclic amines) is 1. The lowest BCUT2D eigenvalue weighted by Crippen LogP contribution is -2.49. The van der Waals surface area contributed by atoms with Crippen LogP contribution in [0.4, 0.5) is 4.79 Å². The van der Waals surface area contributed by atoms with Gasteiger partial charge in [-0.15, -0.1) is 6.42 Å². The summed E-state index contributed by atoms with van der Waals surface area (Å²) < 4.78 is 0. The van der Waals surface area contributed by atoms with Gasteiger partial charge in [0.2, 0.25) is 0 Å². The number of hydrogen-bond acceptors (Lipinski definition) is 3. The summed E-state index contributed by atoms with van der Waals surface area (Å²) in [7, 11) is 0. The van der Waals surface area contributed by atoms with E-state index < -0.39 is 12.5 Å². The van der Waals surface area contributed by atoms with Crippen molar-refractivity contribution in [2.24, 2.45) is 5.92 Å². The van der Waals surface area contributed by atoms with Crippen LogP contribution in [0.25, 0.3) is 0 Å². The van der Waals surface area contributed by atoms with Gasteiger partial charge in [-0.05, 0) is 18.8 Å². The summed E-state index contributed by atoms with van der Waals surface area (Å²) in [6.07, 6.45) is 6.83. The highest BCUT2D eigenvalue weighted by atomic mass is 16.4. The second kappa shape index (κ2) is 6.87. The third-order valence-corrected chi connectivity index (χ3v) is 2.93. The maximum absolute atomic E-state index is 12.1. The molecule has 0 aromatic heterocycles. The van der Waals surface area contributed by atoms with Gasteiger partial charge in [0.15, 0.2) is 0 Å². The average molecular weight is 254 g/mol. The first-order valence-corrected chi connectivity index (χ1v) is 5.88. The molecule has 6 nitrogen and oxygen atoms in total. The summed E-state index contributed by atoms with van der Waals surface area (Å²) >= 11 is 0. The molecule has 0 radical (unpaired) electrons. The molecule has 1 saturated heterocycles. The lowest BCUT2D eigenvalue weighted by Gasteiger charge is -2.34. The van der Waals surface area contributed by atoms with E-state index in [0.717, 1.165) is 17.7 Å². The van der Waals surface area contributed by atoms with Crippen molar-refractivity contribution >= 4 is 12.0 Å². The molecule has 1 atom stereocenters. The predicted molar refractivity (Wildman–Crippen MR) is 64.8 cm³/mol. The number of rotatable bonds is 4. The summed E-state index contributed by atoms with van der Waals surface area (Å²) in [6, 6.07) is -0.367. The van der Waals surface area contributed by atoms with E-state index in [1.165, 1.54) is 0 Å². The van der Waals surface area contributed by atoms with Gasteiger partial charge in [0.25, 0.3) is 0 Å². The molecule has 1 fully saturated rings. The molecule has 1 aliphatic heterocycles. The van der Waals surface area contributed by atoms with Gasteiger partial charge in [0.05, 0.1) is 6.54 Å². The fourth-order valence-corrected chi connectivity index (χ4v) is 2.05. The normalized spacial score (nSPS) is 19.1. The highest BCUT2D eigenvalue weighted by Crippen LogP contribution is 2.17. The Bertz CT molecular complexity index is 350. The second-order valence-corrected chi connectivity index (χ2v) is 4.37. The molecule has 0 bridgehead atoms. The van der Waals surface area contributed by atoms with E-state index in [2.05, 4.69) is 5.92 Å². The van der Waals surface area contributed by atoms with Crippen LogP contribution in [-0.2, 0) is 4.79 Å². The quantitative estimate of drug-likeness (QED) is 0.683. The zero-order chi connectivity index (χ0) is 13.5. The van der Waals surface area contributed by atoms with Gasteiger partial charge in [-0.25, -0.2) is 4.79 Å². The molecule has 1 heterocycles. The molecule has 0 saturated carbocycles. The van der Waals surface area contributed by atoms with E-state index in [1.807, 2.05) is 0 Å². The number of aliphatic hydroxyl groups excluding tert-OH is 1. The third kappa shape index (κ3) is 3.93. The van der Waals surface area contributed by atoms with E-state index in [9.17, 15) is 9.59 Å². The monoisotopic (exact) mass is 254 g/mol. The minimum absolute atomic E-state index is 0.0224. The maximum atomic E-state index is 12.1. The Morgan fingerprint density at radius 1 is 1.50 bits per heavy atom. The number of piperidine rings is 1. The number of terminal acetylenes is 1. The van der Waals surface area contributed by atoms with Crippen LogP contribution in [0.1, 0.15) is 12.8 Å². The van der Waals surface area contributed by atoms with Gasteiger partial charge in [-0.3, -0.25) is 4.79 Å². The SMILES string of the molecule is C#CCN(CC(=O)O)C(=O)N1CCCC(CO)C1. The molecule has 0 aromatic rings. The second-order valence-electron chi connectivity index (χ2n) is 4.37. The van der Waals surface area contributed by atoms with Crippen molar-refractivity contribution < 1.29 is 19.8 Å². The zero-order valence-corrected chi connectivity index (χ0v) is 10.2. The van der Waals surface area contributed by atoms with Crippen LogP contribution in [0.2, 0.25) is 0 Å².